The van der Waals surface area contributed by atoms with Crippen LogP contribution in [0.5, 0.6) is 0 Å². The maximum absolute atomic E-state index is 2.48. The Morgan fingerprint density at radius 1 is 0.302 bits per heavy atom. The second-order valence-corrected chi connectivity index (χ2v) is 14.4. The van der Waals surface area contributed by atoms with Gasteiger partial charge >= 0.3 is 0 Å². The van der Waals surface area contributed by atoms with Crippen LogP contribution in [0.25, 0.3) is 52.8 Å². The van der Waals surface area contributed by atoms with Crippen molar-refractivity contribution in [2.45, 2.75) is 0 Å². The van der Waals surface area contributed by atoms with Crippen molar-refractivity contribution < 1.29 is 0 Å². The summed E-state index contributed by atoms with van der Waals surface area (Å²) in [5, 5.41) is 7.47. The van der Waals surface area contributed by atoms with Crippen LogP contribution in [0.4, 0.5) is 34.1 Å². The van der Waals surface area contributed by atoms with E-state index in [4.69, 9.17) is 0 Å². The zero-order chi connectivity index (χ0) is 35.1. The first-order valence-corrected chi connectivity index (χ1v) is 18.8. The molecule has 10 rings (SSSR count). The van der Waals surface area contributed by atoms with E-state index in [2.05, 4.69) is 216 Å². The Hall–Kier alpha value is -6.68. The molecule has 0 bridgehead atoms. The Balaban J connectivity index is 1.33. The van der Waals surface area contributed by atoms with Crippen molar-refractivity contribution in [2.24, 2.45) is 0 Å². The third-order valence-corrected chi connectivity index (χ3v) is 11.3. The highest BCUT2D eigenvalue weighted by molar-refractivity contribution is 7.26. The molecule has 0 amide bonds. The first-order valence-electron chi connectivity index (χ1n) is 18.0. The number of rotatable bonds is 7. The average molecular weight is 695 g/mol. The van der Waals surface area contributed by atoms with Crippen LogP contribution < -0.4 is 9.80 Å². The van der Waals surface area contributed by atoms with Gasteiger partial charge in [-0.25, -0.2) is 0 Å². The van der Waals surface area contributed by atoms with Crippen LogP contribution in [0.1, 0.15) is 0 Å². The lowest BCUT2D eigenvalue weighted by molar-refractivity contribution is 1.26. The summed E-state index contributed by atoms with van der Waals surface area (Å²) in [6.07, 6.45) is 0. The van der Waals surface area contributed by atoms with Crippen molar-refractivity contribution in [3.63, 3.8) is 0 Å². The molecule has 0 N–H and O–H groups in total. The largest absolute Gasteiger partial charge is 0.310 e. The first-order chi connectivity index (χ1) is 26.3. The minimum absolute atomic E-state index is 1.10. The summed E-state index contributed by atoms with van der Waals surface area (Å²) in [4.78, 5) is 4.86. The van der Waals surface area contributed by atoms with Gasteiger partial charge in [-0.1, -0.05) is 140 Å². The number of fused-ring (bicyclic) bond motifs is 5. The molecule has 2 nitrogen and oxygen atoms in total. The van der Waals surface area contributed by atoms with Gasteiger partial charge in [0.15, 0.2) is 0 Å². The summed E-state index contributed by atoms with van der Waals surface area (Å²) in [7, 11) is 0. The number of para-hydroxylation sites is 4. The molecule has 0 aliphatic rings. The van der Waals surface area contributed by atoms with E-state index in [-0.39, 0.29) is 0 Å². The second kappa shape index (κ2) is 13.1. The van der Waals surface area contributed by atoms with Gasteiger partial charge < -0.3 is 9.80 Å². The van der Waals surface area contributed by atoms with Gasteiger partial charge in [0.2, 0.25) is 0 Å². The third-order valence-electron chi connectivity index (χ3n) is 10.2. The minimum Gasteiger partial charge on any atom is -0.310 e. The number of thiophene rings is 1. The quantitative estimate of drug-likeness (QED) is 0.164. The predicted molar refractivity (Wildman–Crippen MR) is 229 cm³/mol. The molecule has 10 aromatic rings. The van der Waals surface area contributed by atoms with E-state index in [9.17, 15) is 0 Å². The third kappa shape index (κ3) is 5.50. The van der Waals surface area contributed by atoms with Gasteiger partial charge in [-0.3, -0.25) is 0 Å². The van der Waals surface area contributed by atoms with Gasteiger partial charge in [-0.05, 0) is 93.8 Å². The lowest BCUT2D eigenvalue weighted by Crippen LogP contribution is -2.14. The van der Waals surface area contributed by atoms with Gasteiger partial charge in [0.05, 0.1) is 11.4 Å². The van der Waals surface area contributed by atoms with Crippen LogP contribution in [0.3, 0.4) is 0 Å². The molecule has 53 heavy (non-hydrogen) atoms. The molecule has 0 aliphatic carbocycles. The van der Waals surface area contributed by atoms with Crippen LogP contribution in [-0.2, 0) is 0 Å². The van der Waals surface area contributed by atoms with Crippen molar-refractivity contribution in [1.82, 2.24) is 0 Å². The molecule has 9 aromatic carbocycles. The Kier molecular flexibility index (Phi) is 7.71. The molecule has 0 saturated carbocycles. The molecule has 0 saturated heterocycles. The van der Waals surface area contributed by atoms with E-state index in [0.717, 1.165) is 34.1 Å². The number of benzene rings is 9. The SMILES string of the molecule is c1ccc(N(c2ccccc2)c2cc(N(c3ccccc3)c3ccccc3-c3cccc4ccccc34)c3c(c2)sc2cc4ccccc4cc23)cc1. The Morgan fingerprint density at radius 3 is 1.53 bits per heavy atom. The number of hydrogen-bond acceptors (Lipinski definition) is 3. The number of hydrogen-bond donors (Lipinski definition) is 0. The van der Waals surface area contributed by atoms with Crippen LogP contribution in [0.15, 0.2) is 206 Å². The Bertz CT molecular complexity index is 2850. The summed E-state index contributed by atoms with van der Waals surface area (Å²) in [5.74, 6) is 0. The molecule has 1 aromatic heterocycles. The van der Waals surface area contributed by atoms with Crippen LogP contribution in [-0.4, -0.2) is 0 Å². The average Bonchev–Trinajstić information content (AvgIpc) is 3.58. The van der Waals surface area contributed by atoms with Gasteiger partial charge in [0.25, 0.3) is 0 Å². The van der Waals surface area contributed by atoms with Crippen molar-refractivity contribution in [3.05, 3.63) is 206 Å². The fourth-order valence-electron chi connectivity index (χ4n) is 7.80. The van der Waals surface area contributed by atoms with Crippen molar-refractivity contribution in [2.75, 3.05) is 9.80 Å². The van der Waals surface area contributed by atoms with Crippen LogP contribution in [0, 0.1) is 0 Å². The fourth-order valence-corrected chi connectivity index (χ4v) is 8.99. The highest BCUT2D eigenvalue weighted by atomic mass is 32.1. The van der Waals surface area contributed by atoms with Crippen LogP contribution in [0.2, 0.25) is 0 Å². The minimum atomic E-state index is 1.10. The van der Waals surface area contributed by atoms with E-state index in [1.165, 1.54) is 52.8 Å². The van der Waals surface area contributed by atoms with E-state index in [1.54, 1.807) is 0 Å². The Labute approximate surface area is 313 Å². The van der Waals surface area contributed by atoms with E-state index >= 15 is 0 Å². The highest BCUT2D eigenvalue weighted by Crippen LogP contribution is 2.51. The molecule has 1 heterocycles. The fraction of sp³-hybridized carbons (Fsp3) is 0. The summed E-state index contributed by atoms with van der Waals surface area (Å²) in [6, 6.07) is 74.7. The monoisotopic (exact) mass is 694 g/mol. The maximum atomic E-state index is 2.48. The topological polar surface area (TPSA) is 6.48 Å². The molecule has 0 radical (unpaired) electrons. The summed E-state index contributed by atoms with van der Waals surface area (Å²) in [6.45, 7) is 0. The first kappa shape index (κ1) is 31.1. The van der Waals surface area contributed by atoms with E-state index < -0.39 is 0 Å². The zero-order valence-electron chi connectivity index (χ0n) is 28.9. The van der Waals surface area contributed by atoms with E-state index in [0.29, 0.717) is 0 Å². The molecule has 0 aliphatic heterocycles. The standard InChI is InChI=1S/C50H34N2S/c1-4-21-38(22-5-1)51(39-23-6-2-7-24-39)41-33-47(50-45-31-36-18-10-11-19-37(36)32-48(45)53-49(50)34-41)52(40-25-8-3-9-26-40)46-30-15-14-28-44(46)43-29-16-20-35-17-12-13-27-42(35)43/h1-34H. The van der Waals surface area contributed by atoms with Gasteiger partial charge in [-0.2, -0.15) is 0 Å². The predicted octanol–water partition coefficient (Wildman–Crippen LogP) is 15.0. The molecular formula is C50H34N2S. The lowest BCUT2D eigenvalue weighted by atomic mass is 9.95. The molecular weight excluding hydrogens is 661 g/mol. The van der Waals surface area contributed by atoms with Crippen molar-refractivity contribution >= 4 is 87.2 Å². The van der Waals surface area contributed by atoms with Gasteiger partial charge in [0.1, 0.15) is 0 Å². The lowest BCUT2D eigenvalue weighted by Gasteiger charge is -2.31. The van der Waals surface area contributed by atoms with Crippen molar-refractivity contribution in [3.8, 4) is 11.1 Å². The van der Waals surface area contributed by atoms with Crippen LogP contribution >= 0.6 is 11.3 Å². The number of nitrogens with zero attached hydrogens (tertiary/aromatic N) is 2. The summed E-state index contributed by atoms with van der Waals surface area (Å²) in [5.41, 5.74) is 9.07. The molecule has 250 valence electrons. The second-order valence-electron chi connectivity index (χ2n) is 13.4. The summed E-state index contributed by atoms with van der Waals surface area (Å²) < 4.78 is 2.52. The Morgan fingerprint density at radius 2 is 0.830 bits per heavy atom. The molecule has 0 spiro atoms. The van der Waals surface area contributed by atoms with E-state index in [1.807, 2.05) is 11.3 Å². The molecule has 0 atom stereocenters. The molecule has 0 fully saturated rings. The summed E-state index contributed by atoms with van der Waals surface area (Å²) >= 11 is 1.87. The smallest absolute Gasteiger partial charge is 0.0575 e. The van der Waals surface area contributed by atoms with Crippen molar-refractivity contribution in [1.29, 1.82) is 0 Å². The maximum Gasteiger partial charge on any atom is 0.0575 e. The molecule has 0 unspecified atom stereocenters. The highest BCUT2D eigenvalue weighted by Gasteiger charge is 2.25. The normalized spacial score (nSPS) is 11.4. The zero-order valence-corrected chi connectivity index (χ0v) is 29.7. The molecule has 3 heteroatoms. The number of anilines is 6. The van der Waals surface area contributed by atoms with Gasteiger partial charge in [0, 0.05) is 48.5 Å². The van der Waals surface area contributed by atoms with Gasteiger partial charge in [-0.15, -0.1) is 11.3 Å².